The molecule has 0 aliphatic heterocycles. The van der Waals surface area contributed by atoms with Gasteiger partial charge in [0.05, 0.1) is 20.6 Å². The smallest absolute Gasteiger partial charge is 0.224 e. The minimum absolute atomic E-state index is 0.0986. The van der Waals surface area contributed by atoms with Crippen LogP contribution in [0.5, 0.6) is 11.5 Å². The lowest BCUT2D eigenvalue weighted by Gasteiger charge is -2.12. The fraction of sp³-hybridized carbons (Fsp3) is 0.278. The molecule has 1 N–H and O–H groups in total. The number of ether oxygens (including phenoxy) is 2. The largest absolute Gasteiger partial charge is 0.493 e. The summed E-state index contributed by atoms with van der Waals surface area (Å²) in [4.78, 5) is 12.0. The van der Waals surface area contributed by atoms with Crippen molar-refractivity contribution in [2.24, 2.45) is 0 Å². The molecule has 0 heterocycles. The second-order valence-electron chi connectivity index (χ2n) is 5.28. The molecule has 7 heteroatoms. The summed E-state index contributed by atoms with van der Waals surface area (Å²) in [7, 11) is 3.13. The number of hydrogen-bond donors (Lipinski definition) is 1. The third-order valence-corrected chi connectivity index (χ3v) is 4.76. The first kappa shape index (κ1) is 19.5. The van der Waals surface area contributed by atoms with Crippen molar-refractivity contribution in [3.05, 3.63) is 56.8 Å². The summed E-state index contributed by atoms with van der Waals surface area (Å²) in [6.45, 7) is 0.402. The van der Waals surface area contributed by atoms with E-state index in [1.165, 1.54) is 12.1 Å². The number of benzene rings is 2. The van der Waals surface area contributed by atoms with Gasteiger partial charge in [-0.3, -0.25) is 4.79 Å². The van der Waals surface area contributed by atoms with Crippen LogP contribution in [0.3, 0.4) is 0 Å². The average molecular weight is 431 g/mol. The second-order valence-corrected chi connectivity index (χ2v) is 6.54. The van der Waals surface area contributed by atoms with E-state index in [9.17, 15) is 9.18 Å². The van der Waals surface area contributed by atoms with Gasteiger partial charge < -0.3 is 14.8 Å². The van der Waals surface area contributed by atoms with Gasteiger partial charge in [0.15, 0.2) is 11.5 Å². The predicted molar refractivity (Wildman–Crippen MR) is 99.1 cm³/mol. The van der Waals surface area contributed by atoms with E-state index in [4.69, 9.17) is 21.1 Å². The van der Waals surface area contributed by atoms with Crippen LogP contribution in [0.15, 0.2) is 34.8 Å². The Labute approximate surface area is 159 Å². The molecule has 0 atom stereocenters. The molecule has 2 aromatic carbocycles. The van der Waals surface area contributed by atoms with E-state index in [1.807, 2.05) is 12.1 Å². The van der Waals surface area contributed by atoms with Gasteiger partial charge in [0, 0.05) is 21.6 Å². The van der Waals surface area contributed by atoms with Crippen LogP contribution in [-0.2, 0) is 17.6 Å². The van der Waals surface area contributed by atoms with Crippen molar-refractivity contribution in [1.82, 2.24) is 5.32 Å². The van der Waals surface area contributed by atoms with Crippen LogP contribution >= 0.6 is 27.5 Å². The molecule has 0 saturated heterocycles. The van der Waals surface area contributed by atoms with E-state index in [1.54, 1.807) is 20.3 Å². The lowest BCUT2D eigenvalue weighted by Crippen LogP contribution is -2.27. The maximum atomic E-state index is 13.7. The van der Waals surface area contributed by atoms with Crippen molar-refractivity contribution < 1.29 is 18.7 Å². The van der Waals surface area contributed by atoms with Crippen LogP contribution in [0.1, 0.15) is 11.1 Å². The SMILES string of the molecule is COc1cc(Br)c(CCNC(=O)Cc2c(F)cccc2Cl)cc1OC. The first-order valence-corrected chi connectivity index (χ1v) is 8.73. The van der Waals surface area contributed by atoms with E-state index in [0.29, 0.717) is 24.5 Å². The number of carbonyl (C=O) groups is 1. The fourth-order valence-corrected chi connectivity index (χ4v) is 3.10. The maximum Gasteiger partial charge on any atom is 0.224 e. The van der Waals surface area contributed by atoms with Crippen molar-refractivity contribution in [1.29, 1.82) is 0 Å². The molecule has 25 heavy (non-hydrogen) atoms. The van der Waals surface area contributed by atoms with Gasteiger partial charge in [0.1, 0.15) is 5.82 Å². The standard InChI is InChI=1S/C18H18BrClFNO3/c1-24-16-8-11(13(19)10-17(16)25-2)6-7-22-18(23)9-12-14(20)4-3-5-15(12)21/h3-5,8,10H,6-7,9H2,1-2H3,(H,22,23). The molecule has 2 rings (SSSR count). The van der Waals surface area contributed by atoms with Crippen LogP contribution < -0.4 is 14.8 Å². The highest BCUT2D eigenvalue weighted by atomic mass is 79.9. The minimum Gasteiger partial charge on any atom is -0.493 e. The summed E-state index contributed by atoms with van der Waals surface area (Å²) in [6.07, 6.45) is 0.482. The number of amides is 1. The Balaban J connectivity index is 1.95. The molecule has 4 nitrogen and oxygen atoms in total. The van der Waals surface area contributed by atoms with Gasteiger partial charge in [0.25, 0.3) is 0 Å². The van der Waals surface area contributed by atoms with Gasteiger partial charge in [-0.1, -0.05) is 33.6 Å². The van der Waals surface area contributed by atoms with E-state index in [0.717, 1.165) is 10.0 Å². The van der Waals surface area contributed by atoms with E-state index in [-0.39, 0.29) is 22.9 Å². The van der Waals surface area contributed by atoms with Gasteiger partial charge >= 0.3 is 0 Å². The zero-order chi connectivity index (χ0) is 18.4. The topological polar surface area (TPSA) is 47.6 Å². The molecule has 1 amide bonds. The van der Waals surface area contributed by atoms with Gasteiger partial charge in [-0.05, 0) is 36.2 Å². The van der Waals surface area contributed by atoms with Gasteiger partial charge in [-0.25, -0.2) is 4.39 Å². The number of rotatable bonds is 7. The summed E-state index contributed by atoms with van der Waals surface area (Å²) < 4.78 is 25.1. The highest BCUT2D eigenvalue weighted by Gasteiger charge is 2.13. The van der Waals surface area contributed by atoms with Crippen molar-refractivity contribution in [3.63, 3.8) is 0 Å². The Kier molecular flexibility index (Phi) is 7.08. The monoisotopic (exact) mass is 429 g/mol. The highest BCUT2D eigenvalue weighted by Crippen LogP contribution is 2.33. The summed E-state index contributed by atoms with van der Waals surface area (Å²) in [5, 5.41) is 3.02. The number of halogens is 3. The summed E-state index contributed by atoms with van der Waals surface area (Å²) in [5.41, 5.74) is 1.16. The normalized spacial score (nSPS) is 10.4. The van der Waals surface area contributed by atoms with Gasteiger partial charge in [-0.2, -0.15) is 0 Å². The maximum absolute atomic E-state index is 13.7. The molecule has 134 valence electrons. The Morgan fingerprint density at radius 3 is 2.56 bits per heavy atom. The molecular weight excluding hydrogens is 413 g/mol. The molecule has 0 aliphatic rings. The molecule has 0 aliphatic carbocycles. The molecule has 0 spiro atoms. The fourth-order valence-electron chi connectivity index (χ4n) is 2.35. The molecule has 0 aromatic heterocycles. The molecule has 0 unspecified atom stereocenters. The summed E-state index contributed by atoms with van der Waals surface area (Å²) >= 11 is 9.41. The quantitative estimate of drug-likeness (QED) is 0.717. The number of methoxy groups -OCH3 is 2. The molecule has 0 fully saturated rings. The Bertz CT molecular complexity index is 750. The summed E-state index contributed by atoms with van der Waals surface area (Å²) in [5.74, 6) is 0.468. The Morgan fingerprint density at radius 1 is 1.24 bits per heavy atom. The molecule has 2 aromatic rings. The average Bonchev–Trinajstić information content (AvgIpc) is 2.59. The third-order valence-electron chi connectivity index (χ3n) is 3.67. The van der Waals surface area contributed by atoms with Gasteiger partial charge in [-0.15, -0.1) is 0 Å². The Hall–Kier alpha value is -1.79. The predicted octanol–water partition coefficient (Wildman–Crippen LogP) is 4.16. The van der Waals surface area contributed by atoms with Crippen LogP contribution in [0, 0.1) is 5.82 Å². The highest BCUT2D eigenvalue weighted by molar-refractivity contribution is 9.10. The van der Waals surface area contributed by atoms with Crippen LogP contribution in [-0.4, -0.2) is 26.7 Å². The lowest BCUT2D eigenvalue weighted by atomic mass is 10.1. The first-order chi connectivity index (χ1) is 12.0. The van der Waals surface area contributed by atoms with Crippen molar-refractivity contribution >= 4 is 33.4 Å². The summed E-state index contributed by atoms with van der Waals surface area (Å²) in [6, 6.07) is 8.02. The van der Waals surface area contributed by atoms with E-state index >= 15 is 0 Å². The van der Waals surface area contributed by atoms with E-state index in [2.05, 4.69) is 21.2 Å². The Morgan fingerprint density at radius 2 is 1.92 bits per heavy atom. The number of nitrogens with one attached hydrogen (secondary N) is 1. The van der Waals surface area contributed by atoms with Crippen LogP contribution in [0.25, 0.3) is 0 Å². The third kappa shape index (κ3) is 5.09. The van der Waals surface area contributed by atoms with Crippen LogP contribution in [0.2, 0.25) is 5.02 Å². The molecular formula is C18H18BrClFNO3. The number of carbonyl (C=O) groups excluding carboxylic acids is 1. The van der Waals surface area contributed by atoms with Crippen molar-refractivity contribution in [2.45, 2.75) is 12.8 Å². The number of hydrogen-bond acceptors (Lipinski definition) is 3. The van der Waals surface area contributed by atoms with Crippen LogP contribution in [0.4, 0.5) is 4.39 Å². The lowest BCUT2D eigenvalue weighted by molar-refractivity contribution is -0.120. The molecule has 0 bridgehead atoms. The van der Waals surface area contributed by atoms with Crippen molar-refractivity contribution in [2.75, 3.05) is 20.8 Å². The minimum atomic E-state index is -0.481. The van der Waals surface area contributed by atoms with Crippen molar-refractivity contribution in [3.8, 4) is 11.5 Å². The molecule has 0 saturated carbocycles. The van der Waals surface area contributed by atoms with Gasteiger partial charge in [0.2, 0.25) is 5.91 Å². The molecule has 0 radical (unpaired) electrons. The zero-order valence-electron chi connectivity index (χ0n) is 13.9. The zero-order valence-corrected chi connectivity index (χ0v) is 16.2. The first-order valence-electron chi connectivity index (χ1n) is 7.56. The van der Waals surface area contributed by atoms with E-state index < -0.39 is 5.82 Å². The second kappa shape index (κ2) is 9.06.